The zero-order valence-corrected chi connectivity index (χ0v) is 17.7. The molecular formula is C17H33N3O5S2. The van der Waals surface area contributed by atoms with Crippen molar-refractivity contribution in [3.8, 4) is 0 Å². The predicted molar refractivity (Wildman–Crippen MR) is 106 cm³/mol. The highest BCUT2D eigenvalue weighted by Gasteiger charge is 2.26. The Morgan fingerprint density at radius 3 is 1.85 bits per heavy atom. The third-order valence-corrected chi connectivity index (χ3v) is 7.83. The summed E-state index contributed by atoms with van der Waals surface area (Å²) in [5.41, 5.74) is 0. The first kappa shape index (κ1) is 22.4. The molecule has 10 heteroatoms. The molecule has 0 bridgehead atoms. The number of hydrogen-bond acceptors (Lipinski definition) is 5. The molecule has 2 amide bonds. The summed E-state index contributed by atoms with van der Waals surface area (Å²) in [7, 11) is -6.63. The molecule has 0 heterocycles. The molecule has 0 radical (unpaired) electrons. The number of carbonyl (C=O) groups is 1. The summed E-state index contributed by atoms with van der Waals surface area (Å²) in [6.45, 7) is 0. The van der Waals surface area contributed by atoms with Crippen molar-refractivity contribution in [2.45, 2.75) is 82.3 Å². The molecule has 2 saturated carbocycles. The predicted octanol–water partition coefficient (Wildman–Crippen LogP) is 1.28. The van der Waals surface area contributed by atoms with Gasteiger partial charge in [0.25, 0.3) is 0 Å². The van der Waals surface area contributed by atoms with E-state index in [-0.39, 0.29) is 42.1 Å². The van der Waals surface area contributed by atoms with Crippen molar-refractivity contribution in [2.75, 3.05) is 17.8 Å². The summed E-state index contributed by atoms with van der Waals surface area (Å²) in [5, 5.41) is 6.05. The summed E-state index contributed by atoms with van der Waals surface area (Å²) in [6, 6.07) is 0.0767. The van der Waals surface area contributed by atoms with Crippen LogP contribution in [0.25, 0.3) is 0 Å². The van der Waals surface area contributed by atoms with Crippen LogP contribution in [0.1, 0.15) is 64.2 Å². The minimum absolute atomic E-state index is 0.0691. The second-order valence-corrected chi connectivity index (χ2v) is 12.1. The van der Waals surface area contributed by atoms with E-state index in [1.54, 1.807) is 0 Å². The van der Waals surface area contributed by atoms with E-state index in [0.29, 0.717) is 12.8 Å². The Balaban J connectivity index is 1.66. The second-order valence-electron chi connectivity index (χ2n) is 7.92. The Morgan fingerprint density at radius 1 is 0.778 bits per heavy atom. The summed E-state index contributed by atoms with van der Waals surface area (Å²) >= 11 is 0. The molecule has 2 aliphatic carbocycles. The molecule has 3 N–H and O–H groups in total. The number of sulfone groups is 1. The molecule has 2 aliphatic rings. The van der Waals surface area contributed by atoms with Gasteiger partial charge in [0.2, 0.25) is 10.0 Å². The van der Waals surface area contributed by atoms with E-state index in [1.165, 1.54) is 19.3 Å². The highest BCUT2D eigenvalue weighted by Crippen LogP contribution is 2.20. The Kier molecular flexibility index (Phi) is 8.36. The molecule has 8 nitrogen and oxygen atoms in total. The molecule has 158 valence electrons. The van der Waals surface area contributed by atoms with Crippen molar-refractivity contribution in [1.29, 1.82) is 0 Å². The Morgan fingerprint density at radius 2 is 1.30 bits per heavy atom. The van der Waals surface area contributed by atoms with Crippen molar-refractivity contribution in [2.24, 2.45) is 0 Å². The summed E-state index contributed by atoms with van der Waals surface area (Å²) in [6.07, 6.45) is 9.66. The fourth-order valence-corrected chi connectivity index (χ4v) is 6.08. The van der Waals surface area contributed by atoms with E-state index in [9.17, 15) is 21.6 Å². The van der Waals surface area contributed by atoms with Gasteiger partial charge in [0.05, 0.1) is 11.5 Å². The molecule has 0 atom stereocenters. The van der Waals surface area contributed by atoms with Crippen LogP contribution >= 0.6 is 0 Å². The lowest BCUT2D eigenvalue weighted by Gasteiger charge is -2.30. The summed E-state index contributed by atoms with van der Waals surface area (Å²) < 4.78 is 49.0. The lowest BCUT2D eigenvalue weighted by atomic mass is 9.92. The number of hydrogen-bond donors (Lipinski definition) is 3. The molecule has 0 aliphatic heterocycles. The zero-order valence-electron chi connectivity index (χ0n) is 16.1. The first-order chi connectivity index (χ1) is 12.6. The van der Waals surface area contributed by atoms with Crippen LogP contribution in [-0.2, 0) is 19.9 Å². The van der Waals surface area contributed by atoms with Crippen LogP contribution < -0.4 is 15.4 Å². The van der Waals surface area contributed by atoms with Crippen LogP contribution in [0.3, 0.4) is 0 Å². The lowest BCUT2D eigenvalue weighted by molar-refractivity contribution is 0.222. The molecule has 0 aromatic rings. The average molecular weight is 424 g/mol. The van der Waals surface area contributed by atoms with Gasteiger partial charge in [-0.3, -0.25) is 0 Å². The van der Waals surface area contributed by atoms with Gasteiger partial charge in [0, 0.05) is 24.4 Å². The summed E-state index contributed by atoms with van der Waals surface area (Å²) in [5.74, 6) is -0.303. The molecule has 0 aromatic heterocycles. The van der Waals surface area contributed by atoms with Gasteiger partial charge in [-0.1, -0.05) is 19.3 Å². The maximum absolute atomic E-state index is 12.1. The minimum Gasteiger partial charge on any atom is -0.335 e. The van der Waals surface area contributed by atoms with Crippen LogP contribution in [0.2, 0.25) is 0 Å². The summed E-state index contributed by atoms with van der Waals surface area (Å²) in [4.78, 5) is 12.1. The average Bonchev–Trinajstić information content (AvgIpc) is 2.56. The number of urea groups is 1. The first-order valence-electron chi connectivity index (χ1n) is 9.88. The van der Waals surface area contributed by atoms with Gasteiger partial charge in [-0.2, -0.15) is 0 Å². The van der Waals surface area contributed by atoms with Crippen LogP contribution in [-0.4, -0.2) is 58.8 Å². The van der Waals surface area contributed by atoms with Gasteiger partial charge in [0.15, 0.2) is 0 Å². The molecule has 2 fully saturated rings. The topological polar surface area (TPSA) is 121 Å². The van der Waals surface area contributed by atoms with Gasteiger partial charge in [0.1, 0.15) is 9.84 Å². The van der Waals surface area contributed by atoms with E-state index in [2.05, 4.69) is 15.4 Å². The Bertz CT molecular complexity index is 679. The molecule has 2 rings (SSSR count). The number of nitrogens with one attached hydrogen (secondary N) is 3. The second kappa shape index (κ2) is 10.1. The monoisotopic (exact) mass is 423 g/mol. The van der Waals surface area contributed by atoms with Gasteiger partial charge < -0.3 is 10.6 Å². The Labute approximate surface area is 163 Å². The van der Waals surface area contributed by atoms with Crippen molar-refractivity contribution >= 4 is 25.9 Å². The van der Waals surface area contributed by atoms with Crippen molar-refractivity contribution < 1.29 is 21.6 Å². The third kappa shape index (κ3) is 9.25. The van der Waals surface area contributed by atoms with Crippen LogP contribution in [0, 0.1) is 0 Å². The van der Waals surface area contributed by atoms with Gasteiger partial charge >= 0.3 is 6.03 Å². The normalized spacial score (nSPS) is 25.1. The van der Waals surface area contributed by atoms with E-state index in [4.69, 9.17) is 0 Å². The van der Waals surface area contributed by atoms with Gasteiger partial charge in [-0.05, 0) is 44.9 Å². The number of sulfonamides is 1. The smallest absolute Gasteiger partial charge is 0.315 e. The maximum Gasteiger partial charge on any atom is 0.315 e. The number of carbonyl (C=O) groups excluding carboxylic acids is 1. The zero-order chi connectivity index (χ0) is 19.9. The minimum atomic E-state index is -3.48. The molecule has 0 aromatic carbocycles. The fourth-order valence-electron chi connectivity index (χ4n) is 3.84. The standard InChI is InChI=1S/C17H33N3O5S2/c1-26(22,23)12-5-13-27(24,25)20-16-10-8-15(9-11-16)19-17(21)18-14-6-3-2-4-7-14/h14-16,20H,2-13H2,1H3,(H2,18,19,21). The largest absolute Gasteiger partial charge is 0.335 e. The van der Waals surface area contributed by atoms with E-state index in [1.807, 2.05) is 0 Å². The molecule has 0 spiro atoms. The van der Waals surface area contributed by atoms with E-state index >= 15 is 0 Å². The van der Waals surface area contributed by atoms with E-state index in [0.717, 1.165) is 31.9 Å². The van der Waals surface area contributed by atoms with Crippen LogP contribution in [0.5, 0.6) is 0 Å². The van der Waals surface area contributed by atoms with Crippen molar-refractivity contribution in [1.82, 2.24) is 15.4 Å². The maximum atomic E-state index is 12.1. The van der Waals surface area contributed by atoms with Gasteiger partial charge in [-0.25, -0.2) is 26.4 Å². The Hall–Kier alpha value is -0.870. The molecular weight excluding hydrogens is 390 g/mol. The molecule has 0 unspecified atom stereocenters. The fraction of sp³-hybridized carbons (Fsp3) is 0.941. The molecule has 27 heavy (non-hydrogen) atoms. The quantitative estimate of drug-likeness (QED) is 0.543. The number of amides is 2. The highest BCUT2D eigenvalue weighted by molar-refractivity contribution is 7.91. The van der Waals surface area contributed by atoms with Crippen LogP contribution in [0.15, 0.2) is 0 Å². The third-order valence-electron chi connectivity index (χ3n) is 5.28. The first-order valence-corrected chi connectivity index (χ1v) is 13.6. The van der Waals surface area contributed by atoms with Crippen molar-refractivity contribution in [3.63, 3.8) is 0 Å². The number of rotatable bonds is 8. The van der Waals surface area contributed by atoms with Crippen LogP contribution in [0.4, 0.5) is 4.79 Å². The van der Waals surface area contributed by atoms with E-state index < -0.39 is 19.9 Å². The molecule has 0 saturated heterocycles. The van der Waals surface area contributed by atoms with Gasteiger partial charge in [-0.15, -0.1) is 0 Å². The lowest BCUT2D eigenvalue weighted by Crippen LogP contribution is -2.49. The highest BCUT2D eigenvalue weighted by atomic mass is 32.2. The SMILES string of the molecule is CS(=O)(=O)CCCS(=O)(=O)NC1CCC(NC(=O)NC2CCCCC2)CC1. The van der Waals surface area contributed by atoms with Crippen molar-refractivity contribution in [3.05, 3.63) is 0 Å².